The summed E-state index contributed by atoms with van der Waals surface area (Å²) >= 11 is 6.00. The number of fused-ring (bicyclic) bond motifs is 3. The predicted octanol–water partition coefficient (Wildman–Crippen LogP) is 5.06. The summed E-state index contributed by atoms with van der Waals surface area (Å²) in [6.07, 6.45) is 2.47. The Balaban J connectivity index is 1.80. The van der Waals surface area contributed by atoms with E-state index in [1.807, 2.05) is 54.4 Å². The average molecular weight is 355 g/mol. The molecule has 2 atom stereocenters. The fraction of sp³-hybridized carbons (Fsp3) is 0.250. The minimum atomic E-state index is -0.841. The molecule has 0 saturated carbocycles. The maximum Gasteiger partial charge on any atom is 0.218 e. The Labute approximate surface area is 152 Å². The highest BCUT2D eigenvalue weighted by molar-refractivity contribution is 6.30. The van der Waals surface area contributed by atoms with Crippen molar-refractivity contribution >= 4 is 17.3 Å². The molecule has 2 aromatic rings. The van der Waals surface area contributed by atoms with Gasteiger partial charge in [-0.05, 0) is 30.7 Å². The molecule has 0 aromatic heterocycles. The highest BCUT2D eigenvalue weighted by Gasteiger charge is 2.46. The summed E-state index contributed by atoms with van der Waals surface area (Å²) in [6, 6.07) is 15.8. The number of hydrazone groups is 1. The van der Waals surface area contributed by atoms with Crippen LogP contribution in [0.15, 0.2) is 65.5 Å². The first-order valence-electron chi connectivity index (χ1n) is 8.25. The van der Waals surface area contributed by atoms with Gasteiger partial charge in [0.25, 0.3) is 0 Å². The first-order chi connectivity index (χ1) is 12.0. The Morgan fingerprint density at radius 1 is 1.28 bits per heavy atom. The second-order valence-electron chi connectivity index (χ2n) is 6.60. The van der Waals surface area contributed by atoms with E-state index in [1.165, 1.54) is 0 Å². The van der Waals surface area contributed by atoms with Gasteiger partial charge < -0.3 is 9.84 Å². The van der Waals surface area contributed by atoms with Gasteiger partial charge in [-0.2, -0.15) is 5.10 Å². The van der Waals surface area contributed by atoms with Crippen LogP contribution in [0.4, 0.5) is 0 Å². The van der Waals surface area contributed by atoms with E-state index in [0.717, 1.165) is 29.0 Å². The molecule has 128 valence electrons. The van der Waals surface area contributed by atoms with Crippen LogP contribution < -0.4 is 4.74 Å². The minimum Gasteiger partial charge on any atom is -0.513 e. The van der Waals surface area contributed by atoms with Crippen molar-refractivity contribution < 1.29 is 9.84 Å². The Morgan fingerprint density at radius 2 is 2.00 bits per heavy atom. The third-order valence-corrected chi connectivity index (χ3v) is 4.87. The van der Waals surface area contributed by atoms with Gasteiger partial charge in [-0.3, -0.25) is 0 Å². The molecule has 4 rings (SSSR count). The zero-order chi connectivity index (χ0) is 17.6. The molecule has 0 unspecified atom stereocenters. The van der Waals surface area contributed by atoms with Crippen LogP contribution in [-0.4, -0.2) is 21.6 Å². The van der Waals surface area contributed by atoms with Gasteiger partial charge >= 0.3 is 0 Å². The number of nitrogens with zero attached hydrogens (tertiary/aromatic N) is 2. The number of hydrogen-bond acceptors (Lipinski definition) is 4. The smallest absolute Gasteiger partial charge is 0.218 e. The molecule has 5 heteroatoms. The highest BCUT2D eigenvalue weighted by atomic mass is 35.5. The number of ether oxygens (including phenoxy) is 1. The van der Waals surface area contributed by atoms with Crippen LogP contribution in [0.5, 0.6) is 5.75 Å². The summed E-state index contributed by atoms with van der Waals surface area (Å²) in [4.78, 5) is 0. The van der Waals surface area contributed by atoms with Crippen molar-refractivity contribution in [3.8, 4) is 5.75 Å². The van der Waals surface area contributed by atoms with Crippen LogP contribution in [0.25, 0.3) is 0 Å². The summed E-state index contributed by atoms with van der Waals surface area (Å²) in [5.74, 6) is 1.03. The van der Waals surface area contributed by atoms with Crippen LogP contribution in [0.1, 0.15) is 37.4 Å². The normalized spacial score (nSPS) is 25.1. The fourth-order valence-corrected chi connectivity index (χ4v) is 3.71. The van der Waals surface area contributed by atoms with Crippen molar-refractivity contribution in [2.75, 3.05) is 0 Å². The molecule has 0 aliphatic carbocycles. The lowest BCUT2D eigenvalue weighted by Crippen LogP contribution is -2.50. The zero-order valence-electron chi connectivity index (χ0n) is 14.1. The lowest BCUT2D eigenvalue weighted by Gasteiger charge is -2.44. The molecule has 0 radical (unpaired) electrons. The molecule has 1 N–H and O–H groups in total. The Hall–Kier alpha value is -2.46. The first kappa shape index (κ1) is 16.0. The Kier molecular flexibility index (Phi) is 3.73. The molecule has 2 aliphatic rings. The number of halogens is 1. The van der Waals surface area contributed by atoms with Crippen LogP contribution >= 0.6 is 11.6 Å². The molecular weight excluding hydrogens is 336 g/mol. The van der Waals surface area contributed by atoms with Crippen LogP contribution in [0.2, 0.25) is 5.02 Å². The minimum absolute atomic E-state index is 0.0660. The third-order valence-electron chi connectivity index (χ3n) is 4.61. The Morgan fingerprint density at radius 3 is 2.72 bits per heavy atom. The second kappa shape index (κ2) is 5.81. The summed E-state index contributed by atoms with van der Waals surface area (Å²) < 4.78 is 6.21. The number of rotatable bonds is 2. The molecule has 2 heterocycles. The largest absolute Gasteiger partial charge is 0.513 e. The molecule has 4 nitrogen and oxygen atoms in total. The van der Waals surface area contributed by atoms with E-state index in [4.69, 9.17) is 21.4 Å². The summed E-state index contributed by atoms with van der Waals surface area (Å²) in [7, 11) is 0. The lowest BCUT2D eigenvalue weighted by molar-refractivity contribution is -0.0697. The van der Waals surface area contributed by atoms with Crippen molar-refractivity contribution in [2.24, 2.45) is 5.10 Å². The maximum absolute atomic E-state index is 9.84. The zero-order valence-corrected chi connectivity index (χ0v) is 14.9. The number of para-hydroxylation sites is 1. The molecule has 0 bridgehead atoms. The highest BCUT2D eigenvalue weighted by Crippen LogP contribution is 2.47. The number of allylic oxidation sites excluding steroid dienone is 1. The lowest BCUT2D eigenvalue weighted by atomic mass is 9.95. The summed E-state index contributed by atoms with van der Waals surface area (Å²) in [5, 5.41) is 17.3. The maximum atomic E-state index is 9.84. The van der Waals surface area contributed by atoms with E-state index in [1.54, 1.807) is 13.0 Å². The quantitative estimate of drug-likeness (QED) is 0.766. The van der Waals surface area contributed by atoms with E-state index >= 15 is 0 Å². The van der Waals surface area contributed by atoms with Crippen LogP contribution in [-0.2, 0) is 0 Å². The molecule has 2 aromatic carbocycles. The van der Waals surface area contributed by atoms with Crippen molar-refractivity contribution in [3.63, 3.8) is 0 Å². The SMILES string of the molecule is C/C(O)=C\[C@]1(C)Oc2ccccc2[C@@H]2CC(c3ccc(Cl)cc3)=NN21. The molecule has 0 spiro atoms. The molecule has 2 aliphatic heterocycles. The second-order valence-corrected chi connectivity index (χ2v) is 7.03. The topological polar surface area (TPSA) is 45.1 Å². The fourth-order valence-electron chi connectivity index (χ4n) is 3.58. The monoisotopic (exact) mass is 354 g/mol. The van der Waals surface area contributed by atoms with Gasteiger partial charge in [0.1, 0.15) is 5.75 Å². The number of hydrogen-bond donors (Lipinski definition) is 1. The van der Waals surface area contributed by atoms with Crippen LogP contribution in [0.3, 0.4) is 0 Å². The standard InChI is InChI=1S/C20H19ClN2O2/c1-13(24)12-20(2)23-18(16-5-3-4-6-19(16)25-20)11-17(22-23)14-7-9-15(21)10-8-14/h3-10,12,18,24H,11H2,1-2H3/b13-12+/t18-,20-/m0/s1. The molecular formula is C20H19ClN2O2. The predicted molar refractivity (Wildman–Crippen MR) is 99.0 cm³/mol. The van der Waals surface area contributed by atoms with Crippen molar-refractivity contribution in [1.29, 1.82) is 0 Å². The van der Waals surface area contributed by atoms with E-state index in [-0.39, 0.29) is 11.8 Å². The number of aliphatic hydroxyl groups excluding tert-OH is 1. The van der Waals surface area contributed by atoms with Gasteiger partial charge in [0.2, 0.25) is 5.72 Å². The van der Waals surface area contributed by atoms with Gasteiger partial charge in [-0.25, -0.2) is 5.01 Å². The summed E-state index contributed by atoms with van der Waals surface area (Å²) in [5.41, 5.74) is 2.30. The molecule has 0 amide bonds. The molecule has 25 heavy (non-hydrogen) atoms. The first-order valence-corrected chi connectivity index (χ1v) is 8.63. The van der Waals surface area contributed by atoms with Gasteiger partial charge in [-0.1, -0.05) is 41.9 Å². The van der Waals surface area contributed by atoms with E-state index in [2.05, 4.69) is 6.07 Å². The number of benzene rings is 2. The van der Waals surface area contributed by atoms with Gasteiger partial charge in [0.15, 0.2) is 0 Å². The molecule has 0 saturated heterocycles. The van der Waals surface area contributed by atoms with Gasteiger partial charge in [0, 0.05) is 30.0 Å². The number of aliphatic hydroxyl groups is 1. The van der Waals surface area contributed by atoms with Crippen molar-refractivity contribution in [1.82, 2.24) is 5.01 Å². The van der Waals surface area contributed by atoms with Gasteiger partial charge in [-0.15, -0.1) is 0 Å². The van der Waals surface area contributed by atoms with Crippen molar-refractivity contribution in [2.45, 2.75) is 32.0 Å². The molecule has 0 fully saturated rings. The van der Waals surface area contributed by atoms with Gasteiger partial charge in [0.05, 0.1) is 17.5 Å². The third kappa shape index (κ3) is 2.76. The van der Waals surface area contributed by atoms with Crippen LogP contribution in [0, 0.1) is 0 Å². The average Bonchev–Trinajstić information content (AvgIpc) is 3.01. The van der Waals surface area contributed by atoms with Crippen molar-refractivity contribution in [3.05, 3.63) is 76.5 Å². The summed E-state index contributed by atoms with van der Waals surface area (Å²) in [6.45, 7) is 3.56. The van der Waals surface area contributed by atoms with E-state index < -0.39 is 5.72 Å². The van der Waals surface area contributed by atoms with E-state index in [0.29, 0.717) is 5.02 Å². The van der Waals surface area contributed by atoms with E-state index in [9.17, 15) is 5.11 Å². The Bertz CT molecular complexity index is 872.